The SMILES string of the molecule is FC(F)(F)Cn1nc[c]c1Br. The van der Waals surface area contributed by atoms with Gasteiger partial charge in [0.2, 0.25) is 0 Å². The first-order valence-electron chi connectivity index (χ1n) is 2.65. The van der Waals surface area contributed by atoms with Crippen molar-refractivity contribution in [3.05, 3.63) is 16.9 Å². The zero-order valence-electron chi connectivity index (χ0n) is 5.19. The van der Waals surface area contributed by atoms with E-state index in [1.807, 2.05) is 0 Å². The highest BCUT2D eigenvalue weighted by atomic mass is 79.9. The van der Waals surface area contributed by atoms with Crippen molar-refractivity contribution in [2.24, 2.45) is 0 Å². The molecule has 0 saturated carbocycles. The smallest absolute Gasteiger partial charge is 0.249 e. The van der Waals surface area contributed by atoms with Gasteiger partial charge < -0.3 is 0 Å². The molecule has 0 aromatic carbocycles. The molecule has 61 valence electrons. The number of hydrogen-bond acceptors (Lipinski definition) is 1. The van der Waals surface area contributed by atoms with Crippen LogP contribution in [0.1, 0.15) is 0 Å². The molecule has 0 aliphatic heterocycles. The molecule has 1 aromatic heterocycles. The zero-order valence-corrected chi connectivity index (χ0v) is 6.78. The van der Waals surface area contributed by atoms with Gasteiger partial charge in [0.1, 0.15) is 11.1 Å². The number of aromatic nitrogens is 2. The van der Waals surface area contributed by atoms with Crippen LogP contribution in [0.15, 0.2) is 10.8 Å². The molecule has 0 unspecified atom stereocenters. The van der Waals surface area contributed by atoms with Crippen molar-refractivity contribution in [1.29, 1.82) is 0 Å². The van der Waals surface area contributed by atoms with Crippen LogP contribution < -0.4 is 0 Å². The average Bonchev–Trinajstić information content (AvgIpc) is 2.12. The summed E-state index contributed by atoms with van der Waals surface area (Å²) in [6.07, 6.45) is -3.06. The summed E-state index contributed by atoms with van der Waals surface area (Å²) in [5, 5.41) is 3.40. The van der Waals surface area contributed by atoms with Crippen LogP contribution in [-0.2, 0) is 6.54 Å². The van der Waals surface area contributed by atoms with Gasteiger partial charge in [-0.25, -0.2) is 4.68 Å². The van der Waals surface area contributed by atoms with Crippen molar-refractivity contribution in [2.45, 2.75) is 12.7 Å². The normalized spacial score (nSPS) is 12.0. The lowest BCUT2D eigenvalue weighted by atomic mass is 10.6. The van der Waals surface area contributed by atoms with Gasteiger partial charge in [0, 0.05) is 6.07 Å². The van der Waals surface area contributed by atoms with Crippen LogP contribution >= 0.6 is 15.9 Å². The summed E-state index contributed by atoms with van der Waals surface area (Å²) in [5.74, 6) is 0. The van der Waals surface area contributed by atoms with Gasteiger partial charge in [-0.3, -0.25) is 0 Å². The zero-order chi connectivity index (χ0) is 8.48. The Morgan fingerprint density at radius 2 is 2.27 bits per heavy atom. The predicted octanol–water partition coefficient (Wildman–Crippen LogP) is 2.01. The lowest BCUT2D eigenvalue weighted by molar-refractivity contribution is -0.143. The quantitative estimate of drug-likeness (QED) is 0.718. The molecule has 1 radical (unpaired) electrons. The van der Waals surface area contributed by atoms with Crippen molar-refractivity contribution >= 4 is 15.9 Å². The average molecular weight is 228 g/mol. The summed E-state index contributed by atoms with van der Waals surface area (Å²) in [6.45, 7) is -1.09. The topological polar surface area (TPSA) is 17.8 Å². The number of nitrogens with zero attached hydrogens (tertiary/aromatic N) is 2. The van der Waals surface area contributed by atoms with E-state index in [9.17, 15) is 13.2 Å². The molecule has 0 bridgehead atoms. The molecule has 0 spiro atoms. The second kappa shape index (κ2) is 2.84. The number of halogens is 4. The van der Waals surface area contributed by atoms with E-state index >= 15 is 0 Å². The second-order valence-electron chi connectivity index (χ2n) is 1.85. The monoisotopic (exact) mass is 227 g/mol. The Hall–Kier alpha value is -0.520. The van der Waals surface area contributed by atoms with E-state index in [0.717, 1.165) is 4.68 Å². The Labute approximate surface area is 69.1 Å². The maximum Gasteiger partial charge on any atom is 0.408 e. The van der Waals surface area contributed by atoms with E-state index in [1.165, 1.54) is 6.20 Å². The number of hydrogen-bond donors (Lipinski definition) is 0. The first-order chi connectivity index (χ1) is 4.99. The van der Waals surface area contributed by atoms with Crippen molar-refractivity contribution in [3.8, 4) is 0 Å². The minimum atomic E-state index is -4.23. The van der Waals surface area contributed by atoms with Crippen LogP contribution in [0.5, 0.6) is 0 Å². The van der Waals surface area contributed by atoms with Gasteiger partial charge in [0.25, 0.3) is 0 Å². The van der Waals surface area contributed by atoms with Crippen LogP contribution in [0.25, 0.3) is 0 Å². The molecular weight excluding hydrogens is 225 g/mol. The molecule has 1 aromatic rings. The van der Waals surface area contributed by atoms with Gasteiger partial charge >= 0.3 is 6.18 Å². The van der Waals surface area contributed by atoms with Gasteiger partial charge in [-0.15, -0.1) is 0 Å². The lowest BCUT2D eigenvalue weighted by Gasteiger charge is -2.06. The van der Waals surface area contributed by atoms with Crippen LogP contribution in [0.2, 0.25) is 0 Å². The van der Waals surface area contributed by atoms with Gasteiger partial charge in [0.15, 0.2) is 0 Å². The van der Waals surface area contributed by atoms with Crippen LogP contribution in [0, 0.1) is 6.07 Å². The van der Waals surface area contributed by atoms with Crippen molar-refractivity contribution in [2.75, 3.05) is 0 Å². The molecule has 0 fully saturated rings. The van der Waals surface area contributed by atoms with Crippen LogP contribution in [0.3, 0.4) is 0 Å². The predicted molar refractivity (Wildman–Crippen MR) is 34.8 cm³/mol. The molecule has 1 rings (SSSR count). The third-order valence-electron chi connectivity index (χ3n) is 0.936. The molecule has 0 saturated heterocycles. The van der Waals surface area contributed by atoms with Gasteiger partial charge in [-0.05, 0) is 15.9 Å². The third kappa shape index (κ3) is 2.53. The summed E-state index contributed by atoms with van der Waals surface area (Å²) in [4.78, 5) is 0. The van der Waals surface area contributed by atoms with Gasteiger partial charge in [-0.2, -0.15) is 18.3 Å². The summed E-state index contributed by atoms with van der Waals surface area (Å²) in [7, 11) is 0. The van der Waals surface area contributed by atoms with Gasteiger partial charge in [-0.1, -0.05) is 0 Å². The largest absolute Gasteiger partial charge is 0.408 e. The molecule has 0 aliphatic rings. The fourth-order valence-corrected chi connectivity index (χ4v) is 0.876. The summed E-state index contributed by atoms with van der Waals surface area (Å²) in [6, 6.07) is 2.46. The standard InChI is InChI=1S/C5H3BrF3N2/c6-4-1-2-10-11(4)3-5(7,8)9/h2H,3H2. The van der Waals surface area contributed by atoms with Crippen molar-refractivity contribution in [3.63, 3.8) is 0 Å². The van der Waals surface area contributed by atoms with Crippen molar-refractivity contribution in [1.82, 2.24) is 9.78 Å². The molecule has 0 aliphatic carbocycles. The van der Waals surface area contributed by atoms with E-state index in [2.05, 4.69) is 27.1 Å². The minimum Gasteiger partial charge on any atom is -0.249 e. The van der Waals surface area contributed by atoms with E-state index in [0.29, 0.717) is 0 Å². The number of rotatable bonds is 1. The molecule has 0 atom stereocenters. The van der Waals surface area contributed by atoms with Gasteiger partial charge in [0.05, 0.1) is 6.20 Å². The Morgan fingerprint density at radius 1 is 1.64 bits per heavy atom. The van der Waals surface area contributed by atoms with Crippen LogP contribution in [0.4, 0.5) is 13.2 Å². The Bertz CT molecular complexity index is 242. The maximum atomic E-state index is 11.7. The molecule has 11 heavy (non-hydrogen) atoms. The first kappa shape index (κ1) is 8.58. The maximum absolute atomic E-state index is 11.7. The molecule has 6 heteroatoms. The lowest BCUT2D eigenvalue weighted by Crippen LogP contribution is -2.18. The molecule has 1 heterocycles. The Kier molecular flexibility index (Phi) is 2.22. The fourth-order valence-electron chi connectivity index (χ4n) is 0.557. The van der Waals surface area contributed by atoms with E-state index in [1.54, 1.807) is 0 Å². The first-order valence-corrected chi connectivity index (χ1v) is 3.44. The minimum absolute atomic E-state index is 0.204. The highest BCUT2D eigenvalue weighted by molar-refractivity contribution is 9.10. The molecular formula is C5H3BrF3N2. The summed E-state index contributed by atoms with van der Waals surface area (Å²) in [5.41, 5.74) is 0. The van der Waals surface area contributed by atoms with E-state index in [4.69, 9.17) is 0 Å². The summed E-state index contributed by atoms with van der Waals surface area (Å²) < 4.78 is 36.1. The molecule has 0 N–H and O–H groups in total. The van der Waals surface area contributed by atoms with Crippen molar-refractivity contribution < 1.29 is 13.2 Å². The van der Waals surface area contributed by atoms with E-state index < -0.39 is 12.7 Å². The second-order valence-corrected chi connectivity index (χ2v) is 2.60. The molecule has 2 nitrogen and oxygen atoms in total. The number of alkyl halides is 3. The Balaban J connectivity index is 2.72. The van der Waals surface area contributed by atoms with Crippen LogP contribution in [-0.4, -0.2) is 16.0 Å². The van der Waals surface area contributed by atoms with E-state index in [-0.39, 0.29) is 4.60 Å². The molecule has 0 amide bonds. The highest BCUT2D eigenvalue weighted by Gasteiger charge is 2.28. The summed E-state index contributed by atoms with van der Waals surface area (Å²) >= 11 is 2.86. The fraction of sp³-hybridized carbons (Fsp3) is 0.400. The third-order valence-corrected chi connectivity index (χ3v) is 1.57. The highest BCUT2D eigenvalue weighted by Crippen LogP contribution is 2.19. The Morgan fingerprint density at radius 3 is 2.64 bits per heavy atom.